The molecule has 0 saturated carbocycles. The molecule has 0 N–H and O–H groups in total. The van der Waals surface area contributed by atoms with E-state index in [1.165, 1.54) is 0 Å². The third kappa shape index (κ3) is 5.36. The molecular weight excluding hydrogens is 316 g/mol. The molecule has 0 radical (unpaired) electrons. The normalized spacial score (nSPS) is 16.5. The first-order chi connectivity index (χ1) is 12.0. The van der Waals surface area contributed by atoms with Gasteiger partial charge in [0, 0.05) is 31.7 Å². The number of aromatic nitrogens is 2. The van der Waals surface area contributed by atoms with Crippen LogP contribution in [0, 0.1) is 5.41 Å². The first-order valence-electron chi connectivity index (χ1n) is 8.88. The molecule has 2 heterocycles. The Morgan fingerprint density at radius 3 is 2.56 bits per heavy atom. The maximum atomic E-state index is 5.81. The first-order valence-corrected chi connectivity index (χ1v) is 8.88. The number of nitrogens with zero attached hydrogens (tertiary/aromatic N) is 4. The van der Waals surface area contributed by atoms with E-state index in [0.29, 0.717) is 18.3 Å². The second kappa shape index (κ2) is 8.08. The van der Waals surface area contributed by atoms with Crippen LogP contribution in [0.25, 0.3) is 11.5 Å². The van der Waals surface area contributed by atoms with Crippen LogP contribution in [0.4, 0.5) is 0 Å². The summed E-state index contributed by atoms with van der Waals surface area (Å²) in [4.78, 5) is 4.74. The van der Waals surface area contributed by atoms with Crippen LogP contribution in [0.2, 0.25) is 0 Å². The van der Waals surface area contributed by atoms with Crippen molar-refractivity contribution in [3.63, 3.8) is 0 Å². The fourth-order valence-corrected chi connectivity index (χ4v) is 3.45. The third-order valence-corrected chi connectivity index (χ3v) is 4.35. The Morgan fingerprint density at radius 2 is 1.84 bits per heavy atom. The van der Waals surface area contributed by atoms with Crippen LogP contribution in [0.5, 0.6) is 0 Å². The van der Waals surface area contributed by atoms with E-state index < -0.39 is 0 Å². The van der Waals surface area contributed by atoms with Crippen LogP contribution >= 0.6 is 0 Å². The van der Waals surface area contributed by atoms with Crippen LogP contribution in [0.1, 0.15) is 19.7 Å². The summed E-state index contributed by atoms with van der Waals surface area (Å²) in [7, 11) is 2.10. The van der Waals surface area contributed by atoms with Crippen molar-refractivity contribution < 1.29 is 9.15 Å². The Balaban J connectivity index is 1.53. The van der Waals surface area contributed by atoms with Gasteiger partial charge in [-0.05, 0) is 24.6 Å². The lowest BCUT2D eigenvalue weighted by atomic mass is 9.92. The standard InChI is InChI=1S/C19H28N4O2/c1-19(2,15-23-9-11-24-12-10-23)14-22(3)13-17-20-21-18(25-17)16-7-5-4-6-8-16/h4-8H,9-15H2,1-3H3. The van der Waals surface area contributed by atoms with Crippen LogP contribution in [0.3, 0.4) is 0 Å². The van der Waals surface area contributed by atoms with Crippen molar-refractivity contribution in [2.24, 2.45) is 5.41 Å². The van der Waals surface area contributed by atoms with Gasteiger partial charge in [-0.1, -0.05) is 32.0 Å². The molecule has 0 spiro atoms. The molecule has 6 heteroatoms. The van der Waals surface area contributed by atoms with Gasteiger partial charge in [-0.2, -0.15) is 0 Å². The average Bonchev–Trinajstić information content (AvgIpc) is 3.04. The fraction of sp³-hybridized carbons (Fsp3) is 0.579. The first kappa shape index (κ1) is 18.0. The molecule has 25 heavy (non-hydrogen) atoms. The van der Waals surface area contributed by atoms with Crippen molar-refractivity contribution in [2.75, 3.05) is 46.4 Å². The lowest BCUT2D eigenvalue weighted by molar-refractivity contribution is 0.0157. The van der Waals surface area contributed by atoms with Crippen molar-refractivity contribution in [3.8, 4) is 11.5 Å². The quantitative estimate of drug-likeness (QED) is 0.769. The number of rotatable bonds is 7. The molecule has 3 rings (SSSR count). The van der Waals surface area contributed by atoms with E-state index in [9.17, 15) is 0 Å². The van der Waals surface area contributed by atoms with E-state index in [2.05, 4.69) is 40.9 Å². The molecule has 0 bridgehead atoms. The van der Waals surface area contributed by atoms with Gasteiger partial charge in [0.25, 0.3) is 0 Å². The summed E-state index contributed by atoms with van der Waals surface area (Å²) in [5.74, 6) is 1.24. The zero-order valence-electron chi connectivity index (χ0n) is 15.4. The number of morpholine rings is 1. The number of ether oxygens (including phenoxy) is 1. The highest BCUT2D eigenvalue weighted by molar-refractivity contribution is 5.51. The summed E-state index contributed by atoms with van der Waals surface area (Å²) < 4.78 is 11.2. The summed E-state index contributed by atoms with van der Waals surface area (Å²) in [5, 5.41) is 8.36. The highest BCUT2D eigenvalue weighted by Gasteiger charge is 2.25. The fourth-order valence-electron chi connectivity index (χ4n) is 3.45. The monoisotopic (exact) mass is 344 g/mol. The molecule has 136 valence electrons. The highest BCUT2D eigenvalue weighted by Crippen LogP contribution is 2.21. The Bertz CT molecular complexity index is 650. The van der Waals surface area contributed by atoms with Gasteiger partial charge in [-0.3, -0.25) is 9.80 Å². The predicted molar refractivity (Wildman–Crippen MR) is 97.1 cm³/mol. The molecule has 1 fully saturated rings. The van der Waals surface area contributed by atoms with Gasteiger partial charge >= 0.3 is 0 Å². The number of hydrogen-bond acceptors (Lipinski definition) is 6. The van der Waals surface area contributed by atoms with Crippen molar-refractivity contribution in [3.05, 3.63) is 36.2 Å². The SMILES string of the molecule is CN(Cc1nnc(-c2ccccc2)o1)CC(C)(C)CN1CCOCC1. The molecule has 1 aromatic heterocycles. The van der Waals surface area contributed by atoms with Gasteiger partial charge in [0.1, 0.15) is 0 Å². The van der Waals surface area contributed by atoms with Crippen molar-refractivity contribution in [1.29, 1.82) is 0 Å². The van der Waals surface area contributed by atoms with Gasteiger partial charge in [-0.15, -0.1) is 10.2 Å². The molecule has 1 aliphatic rings. The minimum absolute atomic E-state index is 0.189. The van der Waals surface area contributed by atoms with Crippen molar-refractivity contribution in [2.45, 2.75) is 20.4 Å². The Kier molecular flexibility index (Phi) is 5.83. The van der Waals surface area contributed by atoms with E-state index in [0.717, 1.165) is 45.0 Å². The molecule has 2 aromatic rings. The van der Waals surface area contributed by atoms with E-state index >= 15 is 0 Å². The molecule has 0 aliphatic carbocycles. The smallest absolute Gasteiger partial charge is 0.247 e. The molecule has 1 saturated heterocycles. The van der Waals surface area contributed by atoms with Crippen molar-refractivity contribution >= 4 is 0 Å². The van der Waals surface area contributed by atoms with E-state index in [-0.39, 0.29) is 5.41 Å². The van der Waals surface area contributed by atoms with E-state index in [4.69, 9.17) is 9.15 Å². The second-order valence-electron chi connectivity index (χ2n) is 7.59. The van der Waals surface area contributed by atoms with Crippen LogP contribution in [0.15, 0.2) is 34.7 Å². The zero-order chi connectivity index (χ0) is 17.7. The summed E-state index contributed by atoms with van der Waals surface area (Å²) in [6, 6.07) is 9.88. The Labute approximate surface area is 149 Å². The largest absolute Gasteiger partial charge is 0.419 e. The van der Waals surface area contributed by atoms with Crippen LogP contribution < -0.4 is 0 Å². The maximum Gasteiger partial charge on any atom is 0.247 e. The molecular formula is C19H28N4O2. The summed E-state index contributed by atoms with van der Waals surface area (Å²) >= 11 is 0. The second-order valence-corrected chi connectivity index (χ2v) is 7.59. The molecule has 1 aliphatic heterocycles. The predicted octanol–water partition coefficient (Wildman–Crippen LogP) is 2.53. The van der Waals surface area contributed by atoms with Gasteiger partial charge in [0.2, 0.25) is 11.8 Å². The molecule has 6 nitrogen and oxygen atoms in total. The van der Waals surface area contributed by atoms with Crippen molar-refractivity contribution in [1.82, 2.24) is 20.0 Å². The third-order valence-electron chi connectivity index (χ3n) is 4.35. The van der Waals surface area contributed by atoms with Crippen LogP contribution in [-0.4, -0.2) is 66.4 Å². The molecule has 0 unspecified atom stereocenters. The molecule has 1 aromatic carbocycles. The maximum absolute atomic E-state index is 5.81. The van der Waals surface area contributed by atoms with Gasteiger partial charge in [0.15, 0.2) is 0 Å². The summed E-state index contributed by atoms with van der Waals surface area (Å²) in [6.45, 7) is 11.0. The van der Waals surface area contributed by atoms with Gasteiger partial charge < -0.3 is 9.15 Å². The summed E-state index contributed by atoms with van der Waals surface area (Å²) in [5.41, 5.74) is 1.14. The van der Waals surface area contributed by atoms with Crippen LogP contribution in [-0.2, 0) is 11.3 Å². The zero-order valence-corrected chi connectivity index (χ0v) is 15.4. The average molecular weight is 344 g/mol. The topological polar surface area (TPSA) is 54.6 Å². The Morgan fingerprint density at radius 1 is 1.12 bits per heavy atom. The summed E-state index contributed by atoms with van der Waals surface area (Å²) in [6.07, 6.45) is 0. The lowest BCUT2D eigenvalue weighted by Gasteiger charge is -2.36. The highest BCUT2D eigenvalue weighted by atomic mass is 16.5. The Hall–Kier alpha value is -1.76. The molecule has 0 amide bonds. The van der Waals surface area contributed by atoms with Gasteiger partial charge in [0.05, 0.1) is 19.8 Å². The number of benzene rings is 1. The lowest BCUT2D eigenvalue weighted by Crippen LogP contribution is -2.45. The number of hydrogen-bond donors (Lipinski definition) is 0. The van der Waals surface area contributed by atoms with E-state index in [1.54, 1.807) is 0 Å². The van der Waals surface area contributed by atoms with Gasteiger partial charge in [-0.25, -0.2) is 0 Å². The molecule has 0 atom stereocenters. The minimum Gasteiger partial charge on any atom is -0.419 e. The van der Waals surface area contributed by atoms with E-state index in [1.807, 2.05) is 30.3 Å². The minimum atomic E-state index is 0.189.